The maximum atomic E-state index is 7.15. The van der Waals surface area contributed by atoms with Crippen LogP contribution in [-0.2, 0) is 0 Å². The summed E-state index contributed by atoms with van der Waals surface area (Å²) in [5, 5.41) is 0. The molecule has 0 aliphatic heterocycles. The van der Waals surface area contributed by atoms with E-state index in [0.717, 1.165) is 33.9 Å². The van der Waals surface area contributed by atoms with E-state index in [1.54, 1.807) is 12.3 Å². The van der Waals surface area contributed by atoms with Crippen molar-refractivity contribution in [2.24, 2.45) is 0 Å². The predicted molar refractivity (Wildman–Crippen MR) is 105 cm³/mol. The van der Waals surface area contributed by atoms with Crippen molar-refractivity contribution in [1.29, 1.82) is 0 Å². The van der Waals surface area contributed by atoms with Gasteiger partial charge in [0, 0.05) is 18.0 Å². The molecule has 0 spiro atoms. The zero-order valence-corrected chi connectivity index (χ0v) is 14.3. The molecule has 4 rings (SSSR count). The average molecular weight is 336 g/mol. The molecule has 2 aromatic carbocycles. The third kappa shape index (κ3) is 2.56. The summed E-state index contributed by atoms with van der Waals surface area (Å²) in [6.45, 7) is 13.1. The van der Waals surface area contributed by atoms with E-state index < -0.39 is 0 Å². The van der Waals surface area contributed by atoms with Gasteiger partial charge in [0.05, 0.1) is 18.0 Å². The Morgan fingerprint density at radius 3 is 2.38 bits per heavy atom. The highest BCUT2D eigenvalue weighted by Gasteiger charge is 2.16. The molecule has 2 heterocycles. The van der Waals surface area contributed by atoms with E-state index in [4.69, 9.17) is 11.6 Å². The van der Waals surface area contributed by atoms with Crippen LogP contribution in [-0.4, -0.2) is 14.4 Å². The number of hydrogen-bond donors (Lipinski definition) is 0. The molecule has 26 heavy (non-hydrogen) atoms. The van der Waals surface area contributed by atoms with E-state index in [9.17, 15) is 0 Å². The highest BCUT2D eigenvalue weighted by atomic mass is 15.0. The maximum absolute atomic E-state index is 7.15. The number of benzene rings is 2. The van der Waals surface area contributed by atoms with E-state index in [2.05, 4.69) is 47.6 Å². The molecular formula is C22H16N4. The average Bonchev–Trinajstić information content (AvgIpc) is 3.17. The second-order valence-electron chi connectivity index (χ2n) is 6.04. The summed E-state index contributed by atoms with van der Waals surface area (Å²) in [7, 11) is 0. The molecule has 4 aromatic rings. The van der Waals surface area contributed by atoms with Gasteiger partial charge < -0.3 is 0 Å². The summed E-state index contributed by atoms with van der Waals surface area (Å²) in [5.74, 6) is 0. The van der Waals surface area contributed by atoms with Gasteiger partial charge in [-0.3, -0.25) is 4.40 Å². The Bertz CT molecular complexity index is 1140. The van der Waals surface area contributed by atoms with Crippen molar-refractivity contribution >= 4 is 17.4 Å². The number of rotatable bonds is 3. The van der Waals surface area contributed by atoms with Gasteiger partial charge in [0.15, 0.2) is 11.3 Å². The molecule has 124 valence electrons. The molecular weight excluding hydrogens is 320 g/mol. The van der Waals surface area contributed by atoms with Gasteiger partial charge in [-0.15, -0.1) is 0 Å². The number of imidazole rings is 1. The Balaban J connectivity index is 2.06. The van der Waals surface area contributed by atoms with Crippen LogP contribution in [0.15, 0.2) is 67.5 Å². The zero-order chi connectivity index (χ0) is 18.1. The summed E-state index contributed by atoms with van der Waals surface area (Å²) in [5.41, 5.74) is 7.14. The van der Waals surface area contributed by atoms with Crippen LogP contribution in [0.1, 0.15) is 11.3 Å². The summed E-state index contributed by atoms with van der Waals surface area (Å²) < 4.78 is 2.05. The summed E-state index contributed by atoms with van der Waals surface area (Å²) in [6.07, 6.45) is 5.43. The second-order valence-corrected chi connectivity index (χ2v) is 6.04. The Kier molecular flexibility index (Phi) is 3.83. The Morgan fingerprint density at radius 1 is 1.04 bits per heavy atom. The Labute approximate surface area is 151 Å². The van der Waals surface area contributed by atoms with Crippen molar-refractivity contribution in [3.63, 3.8) is 0 Å². The topological polar surface area (TPSA) is 34.5 Å². The Morgan fingerprint density at radius 2 is 1.73 bits per heavy atom. The third-order valence-electron chi connectivity index (χ3n) is 4.36. The van der Waals surface area contributed by atoms with Crippen molar-refractivity contribution in [1.82, 2.24) is 14.4 Å². The number of hydrogen-bond acceptors (Lipinski definition) is 2. The van der Waals surface area contributed by atoms with Crippen LogP contribution >= 0.6 is 0 Å². The molecule has 0 fully saturated rings. The standard InChI is InChI=1S/C22H16N4/c1-4-19-22-24-13-14-26(22)21(17-7-5-15(2)6-8-17)20(25-19)16-9-11-18(23-3)12-10-16/h4-14H,1H2,2H3. The number of nitrogens with zero attached hydrogens (tertiary/aromatic N) is 4. The molecule has 0 radical (unpaired) electrons. The monoisotopic (exact) mass is 336 g/mol. The molecule has 0 saturated heterocycles. The van der Waals surface area contributed by atoms with Gasteiger partial charge >= 0.3 is 0 Å². The first-order valence-corrected chi connectivity index (χ1v) is 8.25. The summed E-state index contributed by atoms with van der Waals surface area (Å²) in [4.78, 5) is 12.8. The number of fused-ring (bicyclic) bond motifs is 1. The molecule has 4 heteroatoms. The minimum absolute atomic E-state index is 0.610. The van der Waals surface area contributed by atoms with Crippen LogP contribution in [0.2, 0.25) is 0 Å². The maximum Gasteiger partial charge on any atom is 0.187 e. The van der Waals surface area contributed by atoms with Gasteiger partial charge in [-0.05, 0) is 18.6 Å². The van der Waals surface area contributed by atoms with Crippen LogP contribution in [0.5, 0.6) is 0 Å². The highest BCUT2D eigenvalue weighted by molar-refractivity contribution is 5.83. The minimum Gasteiger partial charge on any atom is -0.296 e. The van der Waals surface area contributed by atoms with Gasteiger partial charge in [0.25, 0.3) is 0 Å². The van der Waals surface area contributed by atoms with Gasteiger partial charge in [0.1, 0.15) is 5.69 Å². The van der Waals surface area contributed by atoms with E-state index in [0.29, 0.717) is 5.69 Å². The van der Waals surface area contributed by atoms with Gasteiger partial charge in [0.2, 0.25) is 0 Å². The fraction of sp³-hybridized carbons (Fsp3) is 0.0455. The Hall–Kier alpha value is -3.71. The van der Waals surface area contributed by atoms with Crippen LogP contribution in [0.3, 0.4) is 0 Å². The summed E-state index contributed by atoms with van der Waals surface area (Å²) >= 11 is 0. The largest absolute Gasteiger partial charge is 0.296 e. The quantitative estimate of drug-likeness (QED) is 0.459. The van der Waals surface area contributed by atoms with Crippen molar-refractivity contribution in [2.75, 3.05) is 0 Å². The van der Waals surface area contributed by atoms with Crippen molar-refractivity contribution in [3.8, 4) is 22.5 Å². The molecule has 0 N–H and O–H groups in total. The first-order valence-electron chi connectivity index (χ1n) is 8.25. The predicted octanol–water partition coefficient (Wildman–Crippen LogP) is 5.57. The normalized spacial score (nSPS) is 10.6. The molecule has 2 aromatic heterocycles. The van der Waals surface area contributed by atoms with Crippen LogP contribution in [0.4, 0.5) is 5.69 Å². The molecule has 0 saturated carbocycles. The first kappa shape index (κ1) is 15.8. The van der Waals surface area contributed by atoms with Crippen LogP contribution in [0.25, 0.3) is 39.1 Å². The van der Waals surface area contributed by atoms with E-state index in [-0.39, 0.29) is 0 Å². The SMILES string of the molecule is [C-]#[N+]c1ccc(-c2nc(C=C)c3nccn3c2-c2ccc(C)cc2)cc1. The van der Waals surface area contributed by atoms with Crippen molar-refractivity contribution in [3.05, 3.63) is 90.2 Å². The molecule has 0 aliphatic rings. The van der Waals surface area contributed by atoms with Crippen LogP contribution in [0, 0.1) is 13.5 Å². The lowest BCUT2D eigenvalue weighted by Crippen LogP contribution is -2.01. The minimum atomic E-state index is 0.610. The van der Waals surface area contributed by atoms with Crippen molar-refractivity contribution < 1.29 is 0 Å². The van der Waals surface area contributed by atoms with Gasteiger partial charge in [-0.1, -0.05) is 60.7 Å². The molecule has 0 amide bonds. The lowest BCUT2D eigenvalue weighted by atomic mass is 10.0. The van der Waals surface area contributed by atoms with E-state index in [1.165, 1.54) is 5.56 Å². The van der Waals surface area contributed by atoms with E-state index >= 15 is 0 Å². The van der Waals surface area contributed by atoms with Gasteiger partial charge in [-0.25, -0.2) is 14.8 Å². The lowest BCUT2D eigenvalue weighted by molar-refractivity contribution is 1.13. The second kappa shape index (κ2) is 6.30. The molecule has 0 bridgehead atoms. The fourth-order valence-electron chi connectivity index (χ4n) is 3.03. The lowest BCUT2D eigenvalue weighted by Gasteiger charge is -2.14. The third-order valence-corrected chi connectivity index (χ3v) is 4.36. The fourth-order valence-corrected chi connectivity index (χ4v) is 3.03. The summed E-state index contributed by atoms with van der Waals surface area (Å²) in [6, 6.07) is 15.9. The van der Waals surface area contributed by atoms with Crippen molar-refractivity contribution in [2.45, 2.75) is 6.92 Å². The number of aryl methyl sites for hydroxylation is 1. The molecule has 0 unspecified atom stereocenters. The zero-order valence-electron chi connectivity index (χ0n) is 14.3. The van der Waals surface area contributed by atoms with E-state index in [1.807, 2.05) is 34.9 Å². The highest BCUT2D eigenvalue weighted by Crippen LogP contribution is 2.33. The van der Waals surface area contributed by atoms with Gasteiger partial charge in [-0.2, -0.15) is 0 Å². The molecule has 4 nitrogen and oxygen atoms in total. The molecule has 0 aliphatic carbocycles. The molecule has 0 atom stereocenters. The van der Waals surface area contributed by atoms with Crippen LogP contribution < -0.4 is 0 Å². The smallest absolute Gasteiger partial charge is 0.187 e. The first-order chi connectivity index (χ1) is 12.7. The number of aromatic nitrogens is 3.